The molecule has 1 aromatic carbocycles. The molecular formula is C11H9Cl2NO. The summed E-state index contributed by atoms with van der Waals surface area (Å²) in [5.74, 6) is 0. The molecule has 1 heterocycles. The number of fused-ring (bicyclic) bond motifs is 1. The summed E-state index contributed by atoms with van der Waals surface area (Å²) < 4.78 is 0. The average Bonchev–Trinajstić information content (AvgIpc) is 2.21. The van der Waals surface area contributed by atoms with Crippen molar-refractivity contribution in [1.82, 2.24) is 4.98 Å². The predicted molar refractivity (Wildman–Crippen MR) is 62.6 cm³/mol. The zero-order valence-electron chi connectivity index (χ0n) is 7.87. The molecule has 0 radical (unpaired) electrons. The molecule has 2 rings (SSSR count). The third kappa shape index (κ3) is 2.07. The number of nitrogens with zero attached hydrogens (tertiary/aromatic N) is 1. The van der Waals surface area contributed by atoms with Crippen LogP contribution in [-0.4, -0.2) is 16.7 Å². The van der Waals surface area contributed by atoms with E-state index in [2.05, 4.69) is 4.98 Å². The van der Waals surface area contributed by atoms with Gasteiger partial charge in [-0.2, -0.15) is 0 Å². The number of rotatable bonds is 2. The molecule has 15 heavy (non-hydrogen) atoms. The third-order valence-corrected chi connectivity index (χ3v) is 2.84. The molecule has 1 N–H and O–H groups in total. The quantitative estimate of drug-likeness (QED) is 0.821. The van der Waals surface area contributed by atoms with Crippen molar-refractivity contribution in [2.45, 2.75) is 6.42 Å². The maximum atomic E-state index is 8.86. The van der Waals surface area contributed by atoms with Gasteiger partial charge in [-0.3, -0.25) is 0 Å². The van der Waals surface area contributed by atoms with Gasteiger partial charge in [-0.25, -0.2) is 4.98 Å². The van der Waals surface area contributed by atoms with E-state index >= 15 is 0 Å². The molecule has 0 saturated carbocycles. The summed E-state index contributed by atoms with van der Waals surface area (Å²) in [7, 11) is 0. The normalized spacial score (nSPS) is 10.9. The fraction of sp³-hybridized carbons (Fsp3) is 0.182. The first-order valence-corrected chi connectivity index (χ1v) is 5.32. The van der Waals surface area contributed by atoms with E-state index in [1.54, 1.807) is 6.07 Å². The Labute approximate surface area is 97.5 Å². The van der Waals surface area contributed by atoms with Crippen molar-refractivity contribution in [2.24, 2.45) is 0 Å². The molecule has 1 aromatic heterocycles. The highest BCUT2D eigenvalue weighted by molar-refractivity contribution is 6.35. The van der Waals surface area contributed by atoms with Crippen LogP contribution in [0.4, 0.5) is 0 Å². The monoisotopic (exact) mass is 241 g/mol. The Morgan fingerprint density at radius 2 is 2.07 bits per heavy atom. The molecule has 2 aromatic rings. The van der Waals surface area contributed by atoms with Crippen LogP contribution in [0, 0.1) is 0 Å². The number of hydrogen-bond donors (Lipinski definition) is 1. The molecule has 0 spiro atoms. The average molecular weight is 242 g/mol. The molecule has 0 aliphatic rings. The summed E-state index contributed by atoms with van der Waals surface area (Å²) in [6, 6.07) is 7.47. The van der Waals surface area contributed by atoms with Crippen molar-refractivity contribution in [1.29, 1.82) is 0 Å². The van der Waals surface area contributed by atoms with Gasteiger partial charge >= 0.3 is 0 Å². The highest BCUT2D eigenvalue weighted by Crippen LogP contribution is 2.26. The lowest BCUT2D eigenvalue weighted by Crippen LogP contribution is -1.94. The fourth-order valence-corrected chi connectivity index (χ4v) is 1.94. The topological polar surface area (TPSA) is 33.1 Å². The minimum Gasteiger partial charge on any atom is -0.396 e. The zero-order chi connectivity index (χ0) is 10.8. The summed E-state index contributed by atoms with van der Waals surface area (Å²) in [5.41, 5.74) is 1.54. The molecule has 0 bridgehead atoms. The first-order valence-electron chi connectivity index (χ1n) is 4.57. The smallest absolute Gasteiger partial charge is 0.133 e. The lowest BCUT2D eigenvalue weighted by Gasteiger charge is -2.05. The van der Waals surface area contributed by atoms with Crippen LogP contribution in [0.1, 0.15) is 5.56 Å². The highest BCUT2D eigenvalue weighted by Gasteiger charge is 2.06. The van der Waals surface area contributed by atoms with Crippen LogP contribution in [0.15, 0.2) is 24.3 Å². The standard InChI is InChI=1S/C11H9Cl2NO/c12-9-3-1-2-7-6-8(4-5-15)11(13)14-10(7)9/h1-3,6,15H,4-5H2. The zero-order valence-corrected chi connectivity index (χ0v) is 9.39. The molecule has 2 nitrogen and oxygen atoms in total. The van der Waals surface area contributed by atoms with E-state index in [0.29, 0.717) is 22.1 Å². The SMILES string of the molecule is OCCc1cc2cccc(Cl)c2nc1Cl. The van der Waals surface area contributed by atoms with Gasteiger partial charge in [0.05, 0.1) is 10.5 Å². The third-order valence-electron chi connectivity index (χ3n) is 2.20. The molecule has 0 unspecified atom stereocenters. The minimum absolute atomic E-state index is 0.0630. The van der Waals surface area contributed by atoms with Crippen molar-refractivity contribution in [2.75, 3.05) is 6.61 Å². The molecule has 0 atom stereocenters. The fourth-order valence-electron chi connectivity index (χ4n) is 1.48. The second kappa shape index (κ2) is 4.35. The van der Waals surface area contributed by atoms with Crippen molar-refractivity contribution in [3.8, 4) is 0 Å². The van der Waals surface area contributed by atoms with E-state index in [4.69, 9.17) is 28.3 Å². The van der Waals surface area contributed by atoms with Crippen LogP contribution in [0.25, 0.3) is 10.9 Å². The number of aliphatic hydroxyl groups is 1. The number of benzene rings is 1. The van der Waals surface area contributed by atoms with Crippen LogP contribution in [0.5, 0.6) is 0 Å². The van der Waals surface area contributed by atoms with Gasteiger partial charge in [-0.15, -0.1) is 0 Å². The number of halogens is 2. The molecule has 0 saturated heterocycles. The van der Waals surface area contributed by atoms with Gasteiger partial charge in [0.2, 0.25) is 0 Å². The first kappa shape index (κ1) is 10.7. The Balaban J connectivity index is 2.65. The Morgan fingerprint density at radius 3 is 2.80 bits per heavy atom. The lowest BCUT2D eigenvalue weighted by molar-refractivity contribution is 0.299. The van der Waals surface area contributed by atoms with Crippen molar-refractivity contribution in [3.05, 3.63) is 40.0 Å². The maximum Gasteiger partial charge on any atom is 0.133 e. The Hall–Kier alpha value is -0.830. The van der Waals surface area contributed by atoms with Crippen molar-refractivity contribution < 1.29 is 5.11 Å². The van der Waals surface area contributed by atoms with Gasteiger partial charge < -0.3 is 5.11 Å². The summed E-state index contributed by atoms with van der Waals surface area (Å²) in [6.07, 6.45) is 0.508. The van der Waals surface area contributed by atoms with Gasteiger partial charge in [0.25, 0.3) is 0 Å². The number of para-hydroxylation sites is 1. The summed E-state index contributed by atoms with van der Waals surface area (Å²) in [4.78, 5) is 4.22. The molecular weight excluding hydrogens is 233 g/mol. The van der Waals surface area contributed by atoms with E-state index < -0.39 is 0 Å². The number of pyridine rings is 1. The lowest BCUT2D eigenvalue weighted by atomic mass is 10.1. The number of aromatic nitrogens is 1. The van der Waals surface area contributed by atoms with Crippen molar-refractivity contribution >= 4 is 34.1 Å². The molecule has 0 fully saturated rings. The Morgan fingerprint density at radius 1 is 1.27 bits per heavy atom. The van der Waals surface area contributed by atoms with Crippen LogP contribution in [-0.2, 0) is 6.42 Å². The van der Waals surface area contributed by atoms with Gasteiger partial charge in [0.15, 0.2) is 0 Å². The number of aliphatic hydroxyl groups excluding tert-OH is 1. The van der Waals surface area contributed by atoms with Crippen LogP contribution >= 0.6 is 23.2 Å². The van der Waals surface area contributed by atoms with Crippen LogP contribution in [0.2, 0.25) is 10.2 Å². The Kier molecular flexibility index (Phi) is 3.10. The van der Waals surface area contributed by atoms with E-state index in [1.165, 1.54) is 0 Å². The van der Waals surface area contributed by atoms with Gasteiger partial charge in [0, 0.05) is 12.0 Å². The van der Waals surface area contributed by atoms with Gasteiger partial charge in [-0.05, 0) is 24.1 Å². The van der Waals surface area contributed by atoms with Gasteiger partial charge in [0.1, 0.15) is 5.15 Å². The maximum absolute atomic E-state index is 8.86. The molecule has 0 amide bonds. The molecule has 0 aliphatic carbocycles. The minimum atomic E-state index is 0.0630. The Bertz CT molecular complexity index is 499. The largest absolute Gasteiger partial charge is 0.396 e. The van der Waals surface area contributed by atoms with E-state index in [1.807, 2.05) is 18.2 Å². The first-order chi connectivity index (χ1) is 7.22. The summed E-state index contributed by atoms with van der Waals surface area (Å²) in [5, 5.41) is 10.8. The van der Waals surface area contributed by atoms with E-state index in [0.717, 1.165) is 10.9 Å². The van der Waals surface area contributed by atoms with Crippen LogP contribution in [0.3, 0.4) is 0 Å². The molecule has 4 heteroatoms. The second-order valence-corrected chi connectivity index (χ2v) is 3.99. The highest BCUT2D eigenvalue weighted by atomic mass is 35.5. The molecule has 0 aliphatic heterocycles. The van der Waals surface area contributed by atoms with Gasteiger partial charge in [-0.1, -0.05) is 35.3 Å². The second-order valence-electron chi connectivity index (χ2n) is 3.22. The van der Waals surface area contributed by atoms with E-state index in [9.17, 15) is 0 Å². The summed E-state index contributed by atoms with van der Waals surface area (Å²) >= 11 is 12.0. The van der Waals surface area contributed by atoms with E-state index in [-0.39, 0.29) is 6.61 Å². The molecule has 78 valence electrons. The van der Waals surface area contributed by atoms with Crippen molar-refractivity contribution in [3.63, 3.8) is 0 Å². The number of hydrogen-bond acceptors (Lipinski definition) is 2. The predicted octanol–water partition coefficient (Wildman–Crippen LogP) is 3.08. The van der Waals surface area contributed by atoms with Crippen LogP contribution < -0.4 is 0 Å². The summed E-state index contributed by atoms with van der Waals surface area (Å²) in [6.45, 7) is 0.0630.